The van der Waals surface area contributed by atoms with Gasteiger partial charge in [-0.25, -0.2) is 8.42 Å². The highest BCUT2D eigenvalue weighted by Crippen LogP contribution is 2.18. The van der Waals surface area contributed by atoms with Gasteiger partial charge in [0, 0.05) is 18.0 Å². The van der Waals surface area contributed by atoms with Gasteiger partial charge in [-0.05, 0) is 24.3 Å². The lowest BCUT2D eigenvalue weighted by atomic mass is 10.6. The van der Waals surface area contributed by atoms with Crippen LogP contribution in [0, 0.1) is 0 Å². The van der Waals surface area contributed by atoms with Crippen LogP contribution < -0.4 is 10.0 Å². The zero-order chi connectivity index (χ0) is 10.7. The normalized spacial score (nSPS) is 16.5. The molecule has 15 heavy (non-hydrogen) atoms. The first kappa shape index (κ1) is 10.9. The molecule has 0 atom stereocenters. The predicted molar refractivity (Wildman–Crippen MR) is 62.8 cm³/mol. The number of rotatable bonds is 6. The molecule has 0 aromatic carbocycles. The Morgan fingerprint density at radius 3 is 2.87 bits per heavy atom. The average molecular weight is 246 g/mol. The summed E-state index contributed by atoms with van der Waals surface area (Å²) in [6.45, 7) is 0.532. The first-order chi connectivity index (χ1) is 7.16. The van der Waals surface area contributed by atoms with Crippen molar-refractivity contribution in [3.05, 3.63) is 16.8 Å². The second-order valence-corrected chi connectivity index (χ2v) is 6.28. The van der Waals surface area contributed by atoms with Gasteiger partial charge >= 0.3 is 0 Å². The molecule has 1 fully saturated rings. The maximum Gasteiger partial charge on any atom is 0.234 e. The fraction of sp³-hybridized carbons (Fsp3) is 0.556. The van der Waals surface area contributed by atoms with Gasteiger partial charge in [-0.15, -0.1) is 0 Å². The van der Waals surface area contributed by atoms with Gasteiger partial charge in [0.05, 0.1) is 11.4 Å². The van der Waals surface area contributed by atoms with Crippen LogP contribution in [0.2, 0.25) is 0 Å². The minimum Gasteiger partial charge on any atom is -0.313 e. The highest BCUT2D eigenvalue weighted by Gasteiger charge is 2.21. The van der Waals surface area contributed by atoms with Crippen LogP contribution in [0.3, 0.4) is 0 Å². The molecule has 84 valence electrons. The van der Waals surface area contributed by atoms with Crippen molar-refractivity contribution < 1.29 is 8.42 Å². The van der Waals surface area contributed by atoms with E-state index in [0.717, 1.165) is 0 Å². The van der Waals surface area contributed by atoms with E-state index in [-0.39, 0.29) is 5.75 Å². The average Bonchev–Trinajstić information content (AvgIpc) is 2.83. The summed E-state index contributed by atoms with van der Waals surface area (Å²) in [6, 6.07) is 2.32. The molecule has 1 aliphatic rings. The fourth-order valence-corrected chi connectivity index (χ4v) is 2.88. The van der Waals surface area contributed by atoms with Crippen molar-refractivity contribution in [2.24, 2.45) is 0 Å². The van der Waals surface area contributed by atoms with E-state index in [1.165, 1.54) is 24.2 Å². The van der Waals surface area contributed by atoms with Crippen LogP contribution in [-0.4, -0.2) is 26.8 Å². The third kappa shape index (κ3) is 3.81. The summed E-state index contributed by atoms with van der Waals surface area (Å²) in [4.78, 5) is 0. The van der Waals surface area contributed by atoms with Gasteiger partial charge in [0.2, 0.25) is 10.0 Å². The zero-order valence-corrected chi connectivity index (χ0v) is 9.90. The Kier molecular flexibility index (Phi) is 3.28. The first-order valence-electron chi connectivity index (χ1n) is 4.92. The van der Waals surface area contributed by atoms with E-state index in [4.69, 9.17) is 0 Å². The van der Waals surface area contributed by atoms with Crippen LogP contribution >= 0.6 is 11.3 Å². The van der Waals surface area contributed by atoms with E-state index in [1.807, 2.05) is 5.38 Å². The number of hydrogen-bond donors (Lipinski definition) is 2. The molecule has 0 bridgehead atoms. The molecule has 1 aromatic rings. The predicted octanol–water partition coefficient (Wildman–Crippen LogP) is 1.24. The third-order valence-corrected chi connectivity index (χ3v) is 4.15. The highest BCUT2D eigenvalue weighted by molar-refractivity contribution is 7.92. The minimum atomic E-state index is -3.18. The van der Waals surface area contributed by atoms with Gasteiger partial charge in [-0.1, -0.05) is 0 Å². The van der Waals surface area contributed by atoms with Gasteiger partial charge in [-0.3, -0.25) is 4.72 Å². The third-order valence-electron chi connectivity index (χ3n) is 2.18. The number of nitrogens with one attached hydrogen (secondary N) is 2. The topological polar surface area (TPSA) is 58.2 Å². The summed E-state index contributed by atoms with van der Waals surface area (Å²) in [7, 11) is -3.18. The van der Waals surface area contributed by atoms with Crippen molar-refractivity contribution in [2.45, 2.75) is 18.9 Å². The lowest BCUT2D eigenvalue weighted by molar-refractivity contribution is 0.595. The minimum absolute atomic E-state index is 0.138. The highest BCUT2D eigenvalue weighted by atomic mass is 32.2. The maximum atomic E-state index is 11.6. The van der Waals surface area contributed by atoms with E-state index < -0.39 is 10.0 Å². The zero-order valence-electron chi connectivity index (χ0n) is 8.27. The monoisotopic (exact) mass is 246 g/mol. The molecule has 0 spiro atoms. The van der Waals surface area contributed by atoms with Crippen molar-refractivity contribution in [3.8, 4) is 0 Å². The summed E-state index contributed by atoms with van der Waals surface area (Å²) in [6.07, 6.45) is 2.36. The summed E-state index contributed by atoms with van der Waals surface area (Å²) in [5, 5.41) is 6.81. The summed E-state index contributed by atoms with van der Waals surface area (Å²) in [5.41, 5.74) is 0.659. The molecular formula is C9H14N2O2S2. The molecule has 4 nitrogen and oxygen atoms in total. The van der Waals surface area contributed by atoms with Crippen LogP contribution in [0.1, 0.15) is 12.8 Å². The van der Waals surface area contributed by atoms with Gasteiger partial charge in [0.25, 0.3) is 0 Å². The summed E-state index contributed by atoms with van der Waals surface area (Å²) >= 11 is 1.48. The molecule has 1 saturated carbocycles. The van der Waals surface area contributed by atoms with Gasteiger partial charge in [0.15, 0.2) is 0 Å². The van der Waals surface area contributed by atoms with E-state index in [2.05, 4.69) is 10.0 Å². The molecule has 0 amide bonds. The molecule has 0 unspecified atom stereocenters. The van der Waals surface area contributed by atoms with Crippen LogP contribution in [0.15, 0.2) is 16.8 Å². The van der Waals surface area contributed by atoms with Crippen molar-refractivity contribution in [2.75, 3.05) is 17.0 Å². The van der Waals surface area contributed by atoms with Gasteiger partial charge < -0.3 is 5.32 Å². The molecule has 0 radical (unpaired) electrons. The Labute approximate surface area is 93.8 Å². The Bertz CT molecular complexity index is 396. The van der Waals surface area contributed by atoms with Crippen molar-refractivity contribution >= 4 is 27.0 Å². The standard InChI is InChI=1S/C9H14N2O2S2/c12-15(13,6-4-10-8-1-2-8)11-9-3-5-14-7-9/h3,5,7-8,10-11H,1-2,4,6H2. The Morgan fingerprint density at radius 1 is 1.47 bits per heavy atom. The van der Waals surface area contributed by atoms with E-state index in [9.17, 15) is 8.42 Å². The summed E-state index contributed by atoms with van der Waals surface area (Å²) < 4.78 is 25.6. The second kappa shape index (κ2) is 4.51. The Hall–Kier alpha value is -0.590. The van der Waals surface area contributed by atoms with Crippen LogP contribution in [0.25, 0.3) is 0 Å². The quantitative estimate of drug-likeness (QED) is 0.794. The Morgan fingerprint density at radius 2 is 2.27 bits per heavy atom. The largest absolute Gasteiger partial charge is 0.313 e. The van der Waals surface area contributed by atoms with Crippen molar-refractivity contribution in [3.63, 3.8) is 0 Å². The lowest BCUT2D eigenvalue weighted by Gasteiger charge is -2.06. The van der Waals surface area contributed by atoms with E-state index >= 15 is 0 Å². The number of thiophene rings is 1. The van der Waals surface area contributed by atoms with Gasteiger partial charge in [-0.2, -0.15) is 11.3 Å². The van der Waals surface area contributed by atoms with Gasteiger partial charge in [0.1, 0.15) is 0 Å². The maximum absolute atomic E-state index is 11.6. The molecule has 1 aromatic heterocycles. The molecule has 1 heterocycles. The SMILES string of the molecule is O=S(=O)(CCNC1CC1)Nc1ccsc1. The number of hydrogen-bond acceptors (Lipinski definition) is 4. The molecule has 1 aliphatic carbocycles. The molecule has 6 heteroatoms. The van der Waals surface area contributed by atoms with Crippen LogP contribution in [0.4, 0.5) is 5.69 Å². The van der Waals surface area contributed by atoms with Crippen LogP contribution in [0.5, 0.6) is 0 Å². The molecule has 2 rings (SSSR count). The van der Waals surface area contributed by atoms with Crippen molar-refractivity contribution in [1.29, 1.82) is 0 Å². The first-order valence-corrected chi connectivity index (χ1v) is 7.51. The summed E-state index contributed by atoms with van der Waals surface area (Å²) in [5.74, 6) is 0.138. The number of anilines is 1. The molecule has 0 saturated heterocycles. The Balaban J connectivity index is 1.78. The van der Waals surface area contributed by atoms with Crippen molar-refractivity contribution in [1.82, 2.24) is 5.32 Å². The second-order valence-electron chi connectivity index (χ2n) is 3.66. The van der Waals surface area contributed by atoms with E-state index in [0.29, 0.717) is 18.3 Å². The molecular weight excluding hydrogens is 232 g/mol. The number of sulfonamides is 1. The van der Waals surface area contributed by atoms with Crippen LogP contribution in [-0.2, 0) is 10.0 Å². The lowest BCUT2D eigenvalue weighted by Crippen LogP contribution is -2.27. The molecule has 2 N–H and O–H groups in total. The van der Waals surface area contributed by atoms with E-state index in [1.54, 1.807) is 11.4 Å². The molecule has 0 aliphatic heterocycles. The fourth-order valence-electron chi connectivity index (χ4n) is 1.24. The smallest absolute Gasteiger partial charge is 0.234 e.